The molecule has 9 nitrogen and oxygen atoms in total. The van der Waals surface area contributed by atoms with Gasteiger partial charge in [0.05, 0.1) is 23.2 Å². The molecule has 0 spiro atoms. The van der Waals surface area contributed by atoms with Crippen molar-refractivity contribution in [1.29, 1.82) is 0 Å². The van der Waals surface area contributed by atoms with Gasteiger partial charge in [0, 0.05) is 45.7 Å². The van der Waals surface area contributed by atoms with E-state index in [2.05, 4.69) is 34.0 Å². The molecular formula is C27H27ClN4O5S. The standard InChI is InChI=1S/C27H27ClN4O5S/c1-3-31-23-7-5-4-6-21(23)22-14-18(8-10-24(22)31)29-25(33)15-37-26(34)11-9-20-17(2)30-32(27(20)28)19-12-13-38(35,36)16-19/h4-11,14,19H,3,12-13,15-16H2,1-2H3,(H,29,33)/b11-9+/t19-/m1/s1. The van der Waals surface area contributed by atoms with Crippen LogP contribution in [0.5, 0.6) is 0 Å². The molecule has 1 saturated heterocycles. The lowest BCUT2D eigenvalue weighted by atomic mass is 10.1. The van der Waals surface area contributed by atoms with Crippen molar-refractivity contribution in [2.75, 3.05) is 23.4 Å². The number of amides is 1. The number of rotatable bonds is 7. The van der Waals surface area contributed by atoms with Crippen LogP contribution in [0.15, 0.2) is 48.5 Å². The molecule has 1 fully saturated rings. The maximum absolute atomic E-state index is 12.5. The van der Waals surface area contributed by atoms with Crippen molar-refractivity contribution in [3.63, 3.8) is 0 Å². The van der Waals surface area contributed by atoms with E-state index in [0.29, 0.717) is 23.4 Å². The van der Waals surface area contributed by atoms with Crippen molar-refractivity contribution in [3.05, 3.63) is 65.0 Å². The summed E-state index contributed by atoms with van der Waals surface area (Å²) >= 11 is 6.43. The minimum atomic E-state index is -3.10. The van der Waals surface area contributed by atoms with E-state index in [1.54, 1.807) is 6.92 Å². The summed E-state index contributed by atoms with van der Waals surface area (Å²) in [6.07, 6.45) is 3.07. The molecule has 2 aromatic heterocycles. The van der Waals surface area contributed by atoms with E-state index in [0.717, 1.165) is 28.4 Å². The van der Waals surface area contributed by atoms with Gasteiger partial charge in [-0.25, -0.2) is 17.9 Å². The van der Waals surface area contributed by atoms with Crippen molar-refractivity contribution in [2.24, 2.45) is 0 Å². The molecule has 3 heterocycles. The van der Waals surface area contributed by atoms with Crippen molar-refractivity contribution >= 4 is 66.9 Å². The van der Waals surface area contributed by atoms with Gasteiger partial charge in [-0.05, 0) is 50.6 Å². The summed E-state index contributed by atoms with van der Waals surface area (Å²) in [5.74, 6) is -1.09. The third-order valence-electron chi connectivity index (χ3n) is 6.73. The first-order valence-corrected chi connectivity index (χ1v) is 14.5. The highest BCUT2D eigenvalue weighted by Crippen LogP contribution is 2.32. The number of nitrogens with zero attached hydrogens (tertiary/aromatic N) is 3. The first-order chi connectivity index (χ1) is 18.2. The zero-order chi connectivity index (χ0) is 27.0. The Kier molecular flexibility index (Phi) is 7.02. The fraction of sp³-hybridized carbons (Fsp3) is 0.296. The van der Waals surface area contributed by atoms with Crippen LogP contribution in [0, 0.1) is 6.92 Å². The first-order valence-electron chi connectivity index (χ1n) is 12.3. The highest BCUT2D eigenvalue weighted by Gasteiger charge is 2.31. The molecule has 0 saturated carbocycles. The molecule has 1 amide bonds. The van der Waals surface area contributed by atoms with E-state index >= 15 is 0 Å². The van der Waals surface area contributed by atoms with E-state index in [4.69, 9.17) is 16.3 Å². The van der Waals surface area contributed by atoms with Crippen molar-refractivity contribution in [1.82, 2.24) is 14.3 Å². The number of ether oxygens (including phenoxy) is 1. The number of fused-ring (bicyclic) bond motifs is 3. The summed E-state index contributed by atoms with van der Waals surface area (Å²) in [6.45, 7) is 4.18. The second-order valence-corrected chi connectivity index (χ2v) is 11.9. The predicted octanol–water partition coefficient (Wildman–Crippen LogP) is 4.53. The summed E-state index contributed by atoms with van der Waals surface area (Å²) in [5, 5.41) is 9.52. The summed E-state index contributed by atoms with van der Waals surface area (Å²) < 4.78 is 32.4. The molecular weight excluding hydrogens is 528 g/mol. The quantitative estimate of drug-likeness (QED) is 0.265. The molecule has 0 unspecified atom stereocenters. The number of benzene rings is 2. The van der Waals surface area contributed by atoms with Crippen LogP contribution in [0.2, 0.25) is 5.15 Å². The summed E-state index contributed by atoms with van der Waals surface area (Å²) in [4.78, 5) is 24.7. The van der Waals surface area contributed by atoms with Crippen LogP contribution >= 0.6 is 11.6 Å². The Morgan fingerprint density at radius 1 is 1.18 bits per heavy atom. The van der Waals surface area contributed by atoms with Gasteiger partial charge in [0.1, 0.15) is 5.15 Å². The van der Waals surface area contributed by atoms with Crippen molar-refractivity contribution in [2.45, 2.75) is 32.9 Å². The molecule has 0 radical (unpaired) electrons. The van der Waals surface area contributed by atoms with Gasteiger partial charge < -0.3 is 14.6 Å². The molecule has 198 valence electrons. The first kappa shape index (κ1) is 26.0. The van der Waals surface area contributed by atoms with Crippen LogP contribution < -0.4 is 5.32 Å². The zero-order valence-electron chi connectivity index (χ0n) is 21.0. The molecule has 4 aromatic rings. The van der Waals surface area contributed by atoms with E-state index < -0.39 is 28.3 Å². The molecule has 0 bridgehead atoms. The summed E-state index contributed by atoms with van der Waals surface area (Å²) in [6, 6.07) is 13.5. The average molecular weight is 555 g/mol. The Labute approximate surface area is 224 Å². The topological polar surface area (TPSA) is 112 Å². The van der Waals surface area contributed by atoms with Crippen LogP contribution in [0.25, 0.3) is 27.9 Å². The Hall–Kier alpha value is -3.63. The number of para-hydroxylation sites is 1. The van der Waals surface area contributed by atoms with Gasteiger partial charge in [0.2, 0.25) is 0 Å². The molecule has 1 aliphatic rings. The van der Waals surface area contributed by atoms with Gasteiger partial charge in [0.15, 0.2) is 16.4 Å². The minimum Gasteiger partial charge on any atom is -0.452 e. The Morgan fingerprint density at radius 2 is 1.95 bits per heavy atom. The largest absolute Gasteiger partial charge is 0.452 e. The van der Waals surface area contributed by atoms with E-state index in [9.17, 15) is 18.0 Å². The normalized spacial score (nSPS) is 17.0. The number of sulfone groups is 1. The lowest BCUT2D eigenvalue weighted by Gasteiger charge is -2.09. The molecule has 1 aliphatic heterocycles. The molecule has 5 rings (SSSR count). The zero-order valence-corrected chi connectivity index (χ0v) is 22.6. The van der Waals surface area contributed by atoms with Crippen LogP contribution in [0.1, 0.15) is 30.6 Å². The number of nitrogens with one attached hydrogen (secondary N) is 1. The maximum atomic E-state index is 12.5. The lowest BCUT2D eigenvalue weighted by Crippen LogP contribution is -2.20. The van der Waals surface area contributed by atoms with Gasteiger partial charge in [-0.2, -0.15) is 5.10 Å². The van der Waals surface area contributed by atoms with Gasteiger partial charge in [0.25, 0.3) is 5.91 Å². The number of hydrogen-bond acceptors (Lipinski definition) is 6. The van der Waals surface area contributed by atoms with E-state index in [1.807, 2.05) is 30.3 Å². The van der Waals surface area contributed by atoms with Crippen LogP contribution in [-0.4, -0.2) is 52.8 Å². The van der Waals surface area contributed by atoms with Crippen LogP contribution in [0.3, 0.4) is 0 Å². The lowest BCUT2D eigenvalue weighted by molar-refractivity contribution is -0.142. The van der Waals surface area contributed by atoms with Crippen LogP contribution in [0.4, 0.5) is 5.69 Å². The number of hydrogen-bond donors (Lipinski definition) is 1. The molecule has 11 heteroatoms. The minimum absolute atomic E-state index is 0.0122. The smallest absolute Gasteiger partial charge is 0.331 e. The second-order valence-electron chi connectivity index (χ2n) is 9.27. The number of halogens is 1. The molecule has 0 aliphatic carbocycles. The van der Waals surface area contributed by atoms with Crippen LogP contribution in [-0.2, 0) is 30.7 Å². The summed E-state index contributed by atoms with van der Waals surface area (Å²) in [5.41, 5.74) is 3.87. The molecule has 1 atom stereocenters. The monoisotopic (exact) mass is 554 g/mol. The Morgan fingerprint density at radius 3 is 2.68 bits per heavy atom. The number of aromatic nitrogens is 3. The Balaban J connectivity index is 1.22. The highest BCUT2D eigenvalue weighted by molar-refractivity contribution is 7.91. The number of esters is 1. The van der Waals surface area contributed by atoms with Gasteiger partial charge in [-0.3, -0.25) is 4.79 Å². The van der Waals surface area contributed by atoms with Gasteiger partial charge in [-0.1, -0.05) is 29.8 Å². The third-order valence-corrected chi connectivity index (χ3v) is 8.86. The van der Waals surface area contributed by atoms with E-state index in [1.165, 1.54) is 16.8 Å². The van der Waals surface area contributed by atoms with E-state index in [-0.39, 0.29) is 22.7 Å². The van der Waals surface area contributed by atoms with Gasteiger partial charge in [-0.15, -0.1) is 0 Å². The van der Waals surface area contributed by atoms with Crippen molar-refractivity contribution in [3.8, 4) is 0 Å². The number of carbonyl (C=O) groups is 2. The predicted molar refractivity (Wildman–Crippen MR) is 148 cm³/mol. The molecule has 2 aromatic carbocycles. The maximum Gasteiger partial charge on any atom is 0.331 e. The number of anilines is 1. The SMILES string of the molecule is CCn1c2ccccc2c2cc(NC(=O)COC(=O)/C=C/c3c(C)nn([C@@H]4CCS(=O)(=O)C4)c3Cl)ccc21. The molecule has 1 N–H and O–H groups in total. The van der Waals surface area contributed by atoms with Gasteiger partial charge >= 0.3 is 5.97 Å². The molecule has 38 heavy (non-hydrogen) atoms. The second kappa shape index (κ2) is 10.3. The van der Waals surface area contributed by atoms with Crippen molar-refractivity contribution < 1.29 is 22.7 Å². The third kappa shape index (κ3) is 5.06. The number of carbonyl (C=O) groups excluding carboxylic acids is 2. The number of aryl methyl sites for hydroxylation is 2. The Bertz CT molecular complexity index is 1700. The average Bonchev–Trinajstić information content (AvgIpc) is 3.51. The fourth-order valence-electron chi connectivity index (χ4n) is 4.94. The highest BCUT2D eigenvalue weighted by atomic mass is 35.5. The summed E-state index contributed by atoms with van der Waals surface area (Å²) in [7, 11) is -3.10. The fourth-order valence-corrected chi connectivity index (χ4v) is 7.00.